The van der Waals surface area contributed by atoms with Gasteiger partial charge in [-0.2, -0.15) is 0 Å². The molecule has 0 bridgehead atoms. The van der Waals surface area contributed by atoms with E-state index >= 15 is 0 Å². The molecule has 2 heterocycles. The topological polar surface area (TPSA) is 84.2 Å². The van der Waals surface area contributed by atoms with Crippen molar-refractivity contribution in [2.75, 3.05) is 5.32 Å². The minimum atomic E-state index is -0.820. The average Bonchev–Trinajstić information content (AvgIpc) is 3.48. The van der Waals surface area contributed by atoms with Crippen LogP contribution < -0.4 is 10.6 Å². The van der Waals surface area contributed by atoms with Gasteiger partial charge in [0, 0.05) is 23.9 Å². The summed E-state index contributed by atoms with van der Waals surface area (Å²) < 4.78 is 18.2. The van der Waals surface area contributed by atoms with Crippen LogP contribution in [0, 0.1) is 5.82 Å². The lowest BCUT2D eigenvalue weighted by atomic mass is 10.1. The van der Waals surface area contributed by atoms with Gasteiger partial charge in [0.25, 0.3) is 5.91 Å². The molecule has 0 fully saturated rings. The minimum absolute atomic E-state index is 0.131. The molecule has 1 atom stereocenters. The number of rotatable bonds is 8. The number of thiazole rings is 1. The van der Waals surface area contributed by atoms with Crippen molar-refractivity contribution < 1.29 is 18.4 Å². The molecule has 1 unspecified atom stereocenters. The summed E-state index contributed by atoms with van der Waals surface area (Å²) in [7, 11) is 0. The fourth-order valence-corrected chi connectivity index (χ4v) is 3.99. The van der Waals surface area contributed by atoms with Gasteiger partial charge in [0.2, 0.25) is 5.91 Å². The van der Waals surface area contributed by atoms with E-state index in [0.717, 1.165) is 16.0 Å². The standard InChI is InChI=1S/C24H20FN3O3S/c25-18-10-8-17(9-11-18)13-19-15-26-24(32-19)28-22(29)20(14-16-5-2-1-3-6-16)27-23(30)21-7-4-12-31-21/h1-12,15,20H,13-14H2,(H,27,30)(H,26,28,29). The first-order valence-electron chi connectivity index (χ1n) is 9.95. The molecule has 6 nitrogen and oxygen atoms in total. The van der Waals surface area contributed by atoms with Gasteiger partial charge in [0.05, 0.1) is 6.26 Å². The van der Waals surface area contributed by atoms with Crippen LogP contribution in [0.4, 0.5) is 9.52 Å². The van der Waals surface area contributed by atoms with Gasteiger partial charge < -0.3 is 15.1 Å². The molecule has 8 heteroatoms. The van der Waals surface area contributed by atoms with Crippen molar-refractivity contribution in [2.24, 2.45) is 0 Å². The second-order valence-electron chi connectivity index (χ2n) is 7.12. The number of nitrogens with one attached hydrogen (secondary N) is 2. The molecule has 2 N–H and O–H groups in total. The quantitative estimate of drug-likeness (QED) is 0.416. The first-order chi connectivity index (χ1) is 15.6. The Hall–Kier alpha value is -3.78. The Bertz CT molecular complexity index is 1170. The molecular weight excluding hydrogens is 429 g/mol. The van der Waals surface area contributed by atoms with Crippen LogP contribution in [-0.4, -0.2) is 22.8 Å². The Labute approximate surface area is 188 Å². The van der Waals surface area contributed by atoms with E-state index in [2.05, 4.69) is 15.6 Å². The van der Waals surface area contributed by atoms with Crippen molar-refractivity contribution >= 4 is 28.3 Å². The number of nitrogens with zero attached hydrogens (tertiary/aromatic N) is 1. The number of aromatic nitrogens is 1. The fourth-order valence-electron chi connectivity index (χ4n) is 3.14. The van der Waals surface area contributed by atoms with Crippen LogP contribution in [0.2, 0.25) is 0 Å². The summed E-state index contributed by atoms with van der Waals surface area (Å²) >= 11 is 1.33. The monoisotopic (exact) mass is 449 g/mol. The van der Waals surface area contributed by atoms with E-state index in [4.69, 9.17) is 4.42 Å². The Morgan fingerprint density at radius 3 is 2.50 bits per heavy atom. The smallest absolute Gasteiger partial charge is 0.287 e. The van der Waals surface area contributed by atoms with Crippen molar-refractivity contribution in [1.82, 2.24) is 10.3 Å². The van der Waals surface area contributed by atoms with Crippen molar-refractivity contribution in [2.45, 2.75) is 18.9 Å². The van der Waals surface area contributed by atoms with Crippen LogP contribution >= 0.6 is 11.3 Å². The van der Waals surface area contributed by atoms with Crippen molar-refractivity contribution in [1.29, 1.82) is 0 Å². The lowest BCUT2D eigenvalue weighted by Crippen LogP contribution is -2.45. The molecule has 162 valence electrons. The molecule has 2 amide bonds. The third kappa shape index (κ3) is 5.67. The Balaban J connectivity index is 1.45. The number of halogens is 1. The summed E-state index contributed by atoms with van der Waals surface area (Å²) in [5, 5.41) is 5.96. The van der Waals surface area contributed by atoms with Crippen molar-refractivity contribution in [3.63, 3.8) is 0 Å². The summed E-state index contributed by atoms with van der Waals surface area (Å²) in [6.07, 6.45) is 3.97. The molecule has 0 spiro atoms. The third-order valence-electron chi connectivity index (χ3n) is 4.72. The largest absolute Gasteiger partial charge is 0.459 e. The molecule has 0 saturated carbocycles. The number of carbonyl (C=O) groups excluding carboxylic acids is 2. The maximum Gasteiger partial charge on any atom is 0.287 e. The van der Waals surface area contributed by atoms with Crippen LogP contribution in [0.5, 0.6) is 0 Å². The second-order valence-corrected chi connectivity index (χ2v) is 8.23. The highest BCUT2D eigenvalue weighted by Gasteiger charge is 2.24. The van der Waals surface area contributed by atoms with E-state index in [-0.39, 0.29) is 17.5 Å². The van der Waals surface area contributed by atoms with Gasteiger partial charge in [0.1, 0.15) is 11.9 Å². The Morgan fingerprint density at radius 2 is 1.78 bits per heavy atom. The number of amides is 2. The number of hydrogen-bond acceptors (Lipinski definition) is 5. The zero-order valence-electron chi connectivity index (χ0n) is 17.0. The molecule has 2 aromatic carbocycles. The number of carbonyl (C=O) groups is 2. The van der Waals surface area contributed by atoms with Gasteiger partial charge in [-0.15, -0.1) is 11.3 Å². The Morgan fingerprint density at radius 1 is 1.00 bits per heavy atom. The Kier molecular flexibility index (Phi) is 6.72. The van der Waals surface area contributed by atoms with Crippen LogP contribution in [0.25, 0.3) is 0 Å². The number of furan rings is 1. The average molecular weight is 450 g/mol. The predicted molar refractivity (Wildman–Crippen MR) is 120 cm³/mol. The molecule has 0 aliphatic heterocycles. The minimum Gasteiger partial charge on any atom is -0.459 e. The van der Waals surface area contributed by atoms with Crippen LogP contribution in [0.3, 0.4) is 0 Å². The van der Waals surface area contributed by atoms with E-state index in [1.807, 2.05) is 30.3 Å². The number of benzene rings is 2. The predicted octanol–water partition coefficient (Wildman–Crippen LogP) is 4.45. The van der Waals surface area contributed by atoms with Crippen LogP contribution in [-0.2, 0) is 17.6 Å². The van der Waals surface area contributed by atoms with Crippen LogP contribution in [0.1, 0.15) is 26.6 Å². The molecule has 4 rings (SSSR count). The highest BCUT2D eigenvalue weighted by atomic mass is 32.1. The van der Waals surface area contributed by atoms with Gasteiger partial charge in [-0.3, -0.25) is 9.59 Å². The van der Waals surface area contributed by atoms with Gasteiger partial charge in [-0.05, 0) is 35.4 Å². The zero-order chi connectivity index (χ0) is 22.3. The summed E-state index contributed by atoms with van der Waals surface area (Å²) in [5.74, 6) is -1.00. The van der Waals surface area contributed by atoms with Gasteiger partial charge in [-0.25, -0.2) is 9.37 Å². The number of hydrogen-bond donors (Lipinski definition) is 2. The first-order valence-corrected chi connectivity index (χ1v) is 10.8. The maximum absolute atomic E-state index is 13.1. The van der Waals surface area contributed by atoms with E-state index in [1.54, 1.807) is 24.4 Å². The highest BCUT2D eigenvalue weighted by molar-refractivity contribution is 7.15. The molecule has 0 radical (unpaired) electrons. The second kappa shape index (κ2) is 10.0. The summed E-state index contributed by atoms with van der Waals surface area (Å²) in [4.78, 5) is 30.7. The molecule has 2 aromatic heterocycles. The van der Waals surface area contributed by atoms with E-state index < -0.39 is 11.9 Å². The normalized spacial score (nSPS) is 11.7. The molecule has 0 aliphatic rings. The molecule has 4 aromatic rings. The summed E-state index contributed by atoms with van der Waals surface area (Å²) in [5.41, 5.74) is 1.85. The SMILES string of the molecule is O=C(NC(Cc1ccccc1)C(=O)Nc1ncc(Cc2ccc(F)cc2)s1)c1ccco1. The molecular formula is C24H20FN3O3S. The van der Waals surface area contributed by atoms with Crippen LogP contribution in [0.15, 0.2) is 83.6 Å². The number of anilines is 1. The van der Waals surface area contributed by atoms with E-state index in [9.17, 15) is 14.0 Å². The summed E-state index contributed by atoms with van der Waals surface area (Å²) in [6.45, 7) is 0. The lowest BCUT2D eigenvalue weighted by molar-refractivity contribution is -0.118. The molecule has 32 heavy (non-hydrogen) atoms. The fraction of sp³-hybridized carbons (Fsp3) is 0.125. The van der Waals surface area contributed by atoms with E-state index in [0.29, 0.717) is 18.0 Å². The highest BCUT2D eigenvalue weighted by Crippen LogP contribution is 2.22. The van der Waals surface area contributed by atoms with Crippen molar-refractivity contribution in [3.8, 4) is 0 Å². The lowest BCUT2D eigenvalue weighted by Gasteiger charge is -2.17. The van der Waals surface area contributed by atoms with Gasteiger partial charge >= 0.3 is 0 Å². The zero-order valence-corrected chi connectivity index (χ0v) is 17.8. The van der Waals surface area contributed by atoms with Gasteiger partial charge in [0.15, 0.2) is 10.9 Å². The summed E-state index contributed by atoms with van der Waals surface area (Å²) in [6, 6.07) is 18.0. The van der Waals surface area contributed by atoms with Crippen molar-refractivity contribution in [3.05, 3.63) is 107 Å². The van der Waals surface area contributed by atoms with Gasteiger partial charge in [-0.1, -0.05) is 42.5 Å². The maximum atomic E-state index is 13.1. The first kappa shape index (κ1) is 21.5. The molecule has 0 saturated heterocycles. The van der Waals surface area contributed by atoms with E-state index in [1.165, 1.54) is 35.8 Å². The molecule has 0 aliphatic carbocycles. The third-order valence-corrected chi connectivity index (χ3v) is 5.64.